The van der Waals surface area contributed by atoms with Crippen molar-refractivity contribution < 1.29 is 14.6 Å². The summed E-state index contributed by atoms with van der Waals surface area (Å²) in [6.45, 7) is 6.33. The van der Waals surface area contributed by atoms with Gasteiger partial charge in [0.15, 0.2) is 0 Å². The van der Waals surface area contributed by atoms with Crippen molar-refractivity contribution in [2.75, 3.05) is 7.05 Å². The van der Waals surface area contributed by atoms with E-state index in [0.717, 1.165) is 17.7 Å². The predicted molar refractivity (Wildman–Crippen MR) is 83.0 cm³/mol. The third-order valence-electron chi connectivity index (χ3n) is 4.53. The van der Waals surface area contributed by atoms with Crippen LogP contribution in [0.25, 0.3) is 0 Å². The molecule has 2 atom stereocenters. The molecule has 0 heterocycles. The van der Waals surface area contributed by atoms with Crippen molar-refractivity contribution in [2.45, 2.75) is 57.6 Å². The summed E-state index contributed by atoms with van der Waals surface area (Å²) in [5, 5.41) is 12.4. The summed E-state index contributed by atoms with van der Waals surface area (Å²) < 4.78 is 6.10. The summed E-state index contributed by atoms with van der Waals surface area (Å²) in [5.41, 5.74) is 1.50. The van der Waals surface area contributed by atoms with Crippen LogP contribution in [0.5, 0.6) is 5.75 Å². The lowest BCUT2D eigenvalue weighted by Crippen LogP contribution is -2.48. The van der Waals surface area contributed by atoms with Crippen molar-refractivity contribution >= 4 is 5.97 Å². The van der Waals surface area contributed by atoms with Gasteiger partial charge in [-0.2, -0.15) is 0 Å². The van der Waals surface area contributed by atoms with Gasteiger partial charge in [-0.25, -0.2) is 0 Å². The summed E-state index contributed by atoms with van der Waals surface area (Å²) in [6, 6.07) is 6.28. The van der Waals surface area contributed by atoms with Gasteiger partial charge in [0.1, 0.15) is 17.4 Å². The standard InChI is InChI=1S/C17H25NO3/c1-11(2)13-6-5-12(3)15(9-13)21-14-7-8-17(10-14,18-4)16(19)20/h5-6,9,11,14,18H,7-8,10H2,1-4H3,(H,19,20). The number of carboxylic acids is 1. The van der Waals surface area contributed by atoms with Crippen LogP contribution in [-0.2, 0) is 4.79 Å². The fourth-order valence-corrected chi connectivity index (χ4v) is 2.91. The maximum absolute atomic E-state index is 11.4. The van der Waals surface area contributed by atoms with Crippen LogP contribution < -0.4 is 10.1 Å². The zero-order valence-electron chi connectivity index (χ0n) is 13.3. The lowest BCUT2D eigenvalue weighted by molar-refractivity contribution is -0.144. The second-order valence-corrected chi connectivity index (χ2v) is 6.30. The van der Waals surface area contributed by atoms with Gasteiger partial charge in [-0.1, -0.05) is 26.0 Å². The number of hydrogen-bond donors (Lipinski definition) is 2. The fraction of sp³-hybridized carbons (Fsp3) is 0.588. The minimum atomic E-state index is -0.839. The first-order valence-corrected chi connectivity index (χ1v) is 7.57. The molecule has 116 valence electrons. The van der Waals surface area contributed by atoms with Crippen molar-refractivity contribution in [3.05, 3.63) is 29.3 Å². The topological polar surface area (TPSA) is 58.6 Å². The highest BCUT2D eigenvalue weighted by Crippen LogP contribution is 2.34. The molecule has 2 unspecified atom stereocenters. The Balaban J connectivity index is 2.13. The quantitative estimate of drug-likeness (QED) is 0.875. The van der Waals surface area contributed by atoms with Crippen LogP contribution in [-0.4, -0.2) is 29.8 Å². The van der Waals surface area contributed by atoms with Gasteiger partial charge in [0.05, 0.1) is 0 Å². The Morgan fingerprint density at radius 1 is 1.48 bits per heavy atom. The number of likely N-dealkylation sites (N-methyl/N-ethyl adjacent to an activating group) is 1. The molecule has 2 N–H and O–H groups in total. The summed E-state index contributed by atoms with van der Waals surface area (Å²) in [6.07, 6.45) is 1.82. The summed E-state index contributed by atoms with van der Waals surface area (Å²) >= 11 is 0. The van der Waals surface area contributed by atoms with Crippen molar-refractivity contribution in [1.29, 1.82) is 0 Å². The van der Waals surface area contributed by atoms with Gasteiger partial charge in [0.2, 0.25) is 0 Å². The maximum atomic E-state index is 11.4. The third kappa shape index (κ3) is 3.21. The minimum Gasteiger partial charge on any atom is -0.490 e. The summed E-state index contributed by atoms with van der Waals surface area (Å²) in [4.78, 5) is 11.4. The van der Waals surface area contributed by atoms with E-state index in [-0.39, 0.29) is 6.10 Å². The second-order valence-electron chi connectivity index (χ2n) is 6.30. The molecule has 0 aliphatic heterocycles. The highest BCUT2D eigenvalue weighted by molar-refractivity contribution is 5.79. The van der Waals surface area contributed by atoms with Crippen molar-refractivity contribution in [1.82, 2.24) is 5.32 Å². The lowest BCUT2D eigenvalue weighted by atomic mass is 9.98. The first-order chi connectivity index (χ1) is 9.88. The number of rotatable bonds is 5. The first kappa shape index (κ1) is 15.8. The van der Waals surface area contributed by atoms with E-state index in [1.165, 1.54) is 5.56 Å². The molecule has 1 aliphatic carbocycles. The Morgan fingerprint density at radius 3 is 2.71 bits per heavy atom. The Morgan fingerprint density at radius 2 is 2.19 bits per heavy atom. The number of carboxylic acid groups (broad SMARTS) is 1. The fourth-order valence-electron chi connectivity index (χ4n) is 2.91. The Kier molecular flexibility index (Phi) is 4.57. The molecular weight excluding hydrogens is 266 g/mol. The number of hydrogen-bond acceptors (Lipinski definition) is 3. The average Bonchev–Trinajstić information content (AvgIpc) is 2.85. The smallest absolute Gasteiger partial charge is 0.324 e. The molecule has 0 bridgehead atoms. The van der Waals surface area contributed by atoms with E-state index in [4.69, 9.17) is 4.74 Å². The number of carbonyl (C=O) groups is 1. The SMILES string of the molecule is CNC1(C(=O)O)CCC(Oc2cc(C(C)C)ccc2C)C1. The number of benzene rings is 1. The Labute approximate surface area is 126 Å². The van der Waals surface area contributed by atoms with Crippen LogP contribution in [0.2, 0.25) is 0 Å². The minimum absolute atomic E-state index is 0.0466. The zero-order valence-corrected chi connectivity index (χ0v) is 13.3. The van der Waals surface area contributed by atoms with Crippen LogP contribution in [0, 0.1) is 6.92 Å². The van der Waals surface area contributed by atoms with Gasteiger partial charge in [0.25, 0.3) is 0 Å². The molecule has 0 amide bonds. The van der Waals surface area contributed by atoms with Gasteiger partial charge in [-0.3, -0.25) is 4.79 Å². The van der Waals surface area contributed by atoms with E-state index in [9.17, 15) is 9.90 Å². The van der Waals surface area contributed by atoms with Crippen molar-refractivity contribution in [3.63, 3.8) is 0 Å². The molecule has 0 aromatic heterocycles. The Hall–Kier alpha value is -1.55. The monoisotopic (exact) mass is 291 g/mol. The van der Waals surface area contributed by atoms with Crippen LogP contribution in [0.3, 0.4) is 0 Å². The number of nitrogens with one attached hydrogen (secondary N) is 1. The highest BCUT2D eigenvalue weighted by Gasteiger charge is 2.45. The zero-order chi connectivity index (χ0) is 15.6. The van der Waals surface area contributed by atoms with E-state index < -0.39 is 11.5 Å². The predicted octanol–water partition coefficient (Wildman–Crippen LogP) is 3.09. The molecule has 2 rings (SSSR count). The van der Waals surface area contributed by atoms with E-state index in [1.54, 1.807) is 7.05 Å². The van der Waals surface area contributed by atoms with Crippen molar-refractivity contribution in [3.8, 4) is 5.75 Å². The molecule has 1 aliphatic rings. The van der Waals surface area contributed by atoms with Crippen LogP contribution in [0.1, 0.15) is 50.2 Å². The molecule has 0 radical (unpaired) electrons. The normalized spacial score (nSPS) is 25.3. The first-order valence-electron chi connectivity index (χ1n) is 7.57. The molecule has 1 saturated carbocycles. The van der Waals surface area contributed by atoms with Crippen LogP contribution >= 0.6 is 0 Å². The molecule has 1 aromatic rings. The van der Waals surface area contributed by atoms with Crippen LogP contribution in [0.4, 0.5) is 0 Å². The molecule has 1 fully saturated rings. The maximum Gasteiger partial charge on any atom is 0.324 e. The van der Waals surface area contributed by atoms with Gasteiger partial charge in [-0.05, 0) is 49.9 Å². The molecule has 0 saturated heterocycles. The molecule has 1 aromatic carbocycles. The van der Waals surface area contributed by atoms with Gasteiger partial charge in [-0.15, -0.1) is 0 Å². The van der Waals surface area contributed by atoms with Gasteiger partial charge in [0, 0.05) is 6.42 Å². The van der Waals surface area contributed by atoms with Crippen molar-refractivity contribution in [2.24, 2.45) is 0 Å². The second kappa shape index (κ2) is 6.06. The largest absolute Gasteiger partial charge is 0.490 e. The number of aliphatic carboxylic acids is 1. The molecular formula is C17H25NO3. The summed E-state index contributed by atoms with van der Waals surface area (Å²) in [7, 11) is 1.71. The number of aryl methyl sites for hydroxylation is 1. The van der Waals surface area contributed by atoms with E-state index in [0.29, 0.717) is 18.8 Å². The molecule has 4 nitrogen and oxygen atoms in total. The number of ether oxygens (including phenoxy) is 1. The van der Waals surface area contributed by atoms with E-state index in [1.807, 2.05) is 6.92 Å². The van der Waals surface area contributed by atoms with Crippen LogP contribution in [0.15, 0.2) is 18.2 Å². The van der Waals surface area contributed by atoms with Gasteiger partial charge >= 0.3 is 5.97 Å². The molecule has 0 spiro atoms. The highest BCUT2D eigenvalue weighted by atomic mass is 16.5. The molecule has 21 heavy (non-hydrogen) atoms. The van der Waals surface area contributed by atoms with E-state index >= 15 is 0 Å². The van der Waals surface area contributed by atoms with Gasteiger partial charge < -0.3 is 15.2 Å². The molecule has 4 heteroatoms. The summed E-state index contributed by atoms with van der Waals surface area (Å²) in [5.74, 6) is 0.541. The average molecular weight is 291 g/mol. The van der Waals surface area contributed by atoms with E-state index in [2.05, 4.69) is 37.4 Å². The third-order valence-corrected chi connectivity index (χ3v) is 4.53. The lowest BCUT2D eigenvalue weighted by Gasteiger charge is -2.24. The Bertz CT molecular complexity index is 527.